The zero-order valence-corrected chi connectivity index (χ0v) is 16.4. The number of hydrogen-bond acceptors (Lipinski definition) is 4. The van der Waals surface area contributed by atoms with Crippen molar-refractivity contribution < 1.29 is 8.91 Å². The molecular formula is C16H23FIN5O. The molecule has 6 nitrogen and oxygen atoms in total. The van der Waals surface area contributed by atoms with Crippen molar-refractivity contribution in [2.45, 2.75) is 33.7 Å². The predicted octanol–water partition coefficient (Wildman–Crippen LogP) is 2.74. The third-order valence-electron chi connectivity index (χ3n) is 3.20. The van der Waals surface area contributed by atoms with Crippen molar-refractivity contribution in [3.05, 3.63) is 46.9 Å². The zero-order chi connectivity index (χ0) is 16.7. The number of aryl methyl sites for hydroxylation is 2. The van der Waals surface area contributed by atoms with Crippen LogP contribution in [0.1, 0.15) is 29.8 Å². The Labute approximate surface area is 158 Å². The van der Waals surface area contributed by atoms with Crippen LogP contribution in [0.2, 0.25) is 0 Å². The third-order valence-corrected chi connectivity index (χ3v) is 3.20. The van der Waals surface area contributed by atoms with E-state index >= 15 is 0 Å². The second-order valence-corrected chi connectivity index (χ2v) is 5.19. The van der Waals surface area contributed by atoms with Gasteiger partial charge in [-0.05, 0) is 38.0 Å². The van der Waals surface area contributed by atoms with E-state index in [0.717, 1.165) is 12.1 Å². The van der Waals surface area contributed by atoms with Gasteiger partial charge in [0.25, 0.3) is 0 Å². The summed E-state index contributed by atoms with van der Waals surface area (Å²) in [4.78, 5) is 8.60. The summed E-state index contributed by atoms with van der Waals surface area (Å²) in [5, 5.41) is 10.1. The Bertz CT molecular complexity index is 674. The number of nitrogens with zero attached hydrogens (tertiary/aromatic N) is 3. The lowest BCUT2D eigenvalue weighted by Crippen LogP contribution is -2.38. The van der Waals surface area contributed by atoms with Crippen molar-refractivity contribution in [1.82, 2.24) is 20.8 Å². The number of hydrogen-bond donors (Lipinski definition) is 2. The normalized spacial score (nSPS) is 11.1. The maximum Gasteiger partial charge on any atom is 0.228 e. The summed E-state index contributed by atoms with van der Waals surface area (Å²) in [5.74, 6) is 1.68. The molecule has 2 aromatic rings. The minimum absolute atomic E-state index is 0. The SMILES string of the molecule is CCNC(=NCc1ccc(C)c(F)c1)NCCc1nc(C)no1.I. The van der Waals surface area contributed by atoms with Crippen LogP contribution in [-0.4, -0.2) is 29.2 Å². The van der Waals surface area contributed by atoms with E-state index in [2.05, 4.69) is 25.8 Å². The van der Waals surface area contributed by atoms with Gasteiger partial charge < -0.3 is 15.2 Å². The highest BCUT2D eigenvalue weighted by molar-refractivity contribution is 14.0. The molecule has 0 amide bonds. The fourth-order valence-electron chi connectivity index (χ4n) is 1.98. The van der Waals surface area contributed by atoms with Gasteiger partial charge in [0, 0.05) is 19.5 Å². The van der Waals surface area contributed by atoms with Crippen LogP contribution in [-0.2, 0) is 13.0 Å². The van der Waals surface area contributed by atoms with Crippen molar-refractivity contribution in [2.24, 2.45) is 4.99 Å². The van der Waals surface area contributed by atoms with Crippen molar-refractivity contribution in [3.8, 4) is 0 Å². The number of nitrogens with one attached hydrogen (secondary N) is 2. The van der Waals surface area contributed by atoms with Gasteiger partial charge in [-0.3, -0.25) is 0 Å². The molecule has 0 aliphatic carbocycles. The van der Waals surface area contributed by atoms with Crippen molar-refractivity contribution >= 4 is 29.9 Å². The molecule has 1 aromatic heterocycles. The number of aromatic nitrogens is 2. The summed E-state index contributed by atoms with van der Waals surface area (Å²) in [6.07, 6.45) is 0.615. The van der Waals surface area contributed by atoms with E-state index in [0.29, 0.717) is 42.7 Å². The lowest BCUT2D eigenvalue weighted by atomic mass is 10.1. The van der Waals surface area contributed by atoms with Gasteiger partial charge in [-0.2, -0.15) is 4.98 Å². The molecule has 24 heavy (non-hydrogen) atoms. The number of guanidine groups is 1. The maximum absolute atomic E-state index is 13.5. The molecule has 1 aromatic carbocycles. The fraction of sp³-hybridized carbons (Fsp3) is 0.438. The van der Waals surface area contributed by atoms with E-state index in [1.165, 1.54) is 6.07 Å². The molecule has 0 fully saturated rings. The Morgan fingerprint density at radius 1 is 1.29 bits per heavy atom. The zero-order valence-electron chi connectivity index (χ0n) is 14.1. The largest absolute Gasteiger partial charge is 0.357 e. The molecule has 0 radical (unpaired) electrons. The Balaban J connectivity index is 0.00000288. The molecule has 132 valence electrons. The first-order valence-electron chi connectivity index (χ1n) is 7.65. The number of benzene rings is 1. The quantitative estimate of drug-likeness (QED) is 0.405. The highest BCUT2D eigenvalue weighted by Crippen LogP contribution is 2.09. The van der Waals surface area contributed by atoms with Crippen LogP contribution in [0, 0.1) is 19.7 Å². The first-order chi connectivity index (χ1) is 11.1. The number of rotatable bonds is 6. The lowest BCUT2D eigenvalue weighted by molar-refractivity contribution is 0.374. The van der Waals surface area contributed by atoms with E-state index in [1.54, 1.807) is 19.9 Å². The van der Waals surface area contributed by atoms with Gasteiger partial charge in [0.05, 0.1) is 6.54 Å². The summed E-state index contributed by atoms with van der Waals surface area (Å²) >= 11 is 0. The van der Waals surface area contributed by atoms with Crippen LogP contribution >= 0.6 is 24.0 Å². The lowest BCUT2D eigenvalue weighted by Gasteiger charge is -2.10. The van der Waals surface area contributed by atoms with Crippen LogP contribution in [0.3, 0.4) is 0 Å². The first-order valence-corrected chi connectivity index (χ1v) is 7.65. The van der Waals surface area contributed by atoms with E-state index in [9.17, 15) is 4.39 Å². The highest BCUT2D eigenvalue weighted by atomic mass is 127. The van der Waals surface area contributed by atoms with Gasteiger partial charge >= 0.3 is 0 Å². The first kappa shape index (κ1) is 20.3. The van der Waals surface area contributed by atoms with Gasteiger partial charge in [0.2, 0.25) is 5.89 Å². The Kier molecular flexibility index (Phi) is 8.66. The average molecular weight is 447 g/mol. The third kappa shape index (κ3) is 6.42. The van der Waals surface area contributed by atoms with Crippen molar-refractivity contribution in [2.75, 3.05) is 13.1 Å². The van der Waals surface area contributed by atoms with Crippen LogP contribution in [0.5, 0.6) is 0 Å². The maximum atomic E-state index is 13.5. The van der Waals surface area contributed by atoms with E-state index in [-0.39, 0.29) is 29.8 Å². The predicted molar refractivity (Wildman–Crippen MR) is 102 cm³/mol. The van der Waals surface area contributed by atoms with E-state index in [1.807, 2.05) is 13.0 Å². The Morgan fingerprint density at radius 2 is 2.08 bits per heavy atom. The van der Waals surface area contributed by atoms with Gasteiger partial charge in [-0.15, -0.1) is 24.0 Å². The second kappa shape index (κ2) is 10.2. The monoisotopic (exact) mass is 447 g/mol. The van der Waals surface area contributed by atoms with Crippen LogP contribution < -0.4 is 10.6 Å². The van der Waals surface area contributed by atoms with Crippen LogP contribution in [0.4, 0.5) is 4.39 Å². The average Bonchev–Trinajstić information content (AvgIpc) is 2.93. The molecule has 0 unspecified atom stereocenters. The molecule has 0 spiro atoms. The number of aliphatic imine (C=N–C) groups is 1. The summed E-state index contributed by atoms with van der Waals surface area (Å²) in [6, 6.07) is 5.16. The van der Waals surface area contributed by atoms with Crippen LogP contribution in [0.15, 0.2) is 27.7 Å². The molecular weight excluding hydrogens is 424 g/mol. The molecule has 2 N–H and O–H groups in total. The number of halogens is 2. The molecule has 0 saturated heterocycles. The van der Waals surface area contributed by atoms with Gasteiger partial charge in [-0.25, -0.2) is 9.38 Å². The molecule has 8 heteroatoms. The molecule has 0 bridgehead atoms. The molecule has 1 heterocycles. The summed E-state index contributed by atoms with van der Waals surface area (Å²) in [5.41, 5.74) is 1.47. The van der Waals surface area contributed by atoms with Gasteiger partial charge in [0.1, 0.15) is 5.82 Å². The summed E-state index contributed by atoms with van der Waals surface area (Å²) in [7, 11) is 0. The minimum Gasteiger partial charge on any atom is -0.357 e. The molecule has 2 rings (SSSR count). The smallest absolute Gasteiger partial charge is 0.228 e. The molecule has 0 atom stereocenters. The Hall–Kier alpha value is -1.71. The van der Waals surface area contributed by atoms with Crippen molar-refractivity contribution in [1.29, 1.82) is 0 Å². The highest BCUT2D eigenvalue weighted by Gasteiger charge is 2.04. The Morgan fingerprint density at radius 3 is 2.71 bits per heavy atom. The topological polar surface area (TPSA) is 75.3 Å². The molecule has 0 saturated carbocycles. The van der Waals surface area contributed by atoms with E-state index < -0.39 is 0 Å². The van der Waals surface area contributed by atoms with Crippen molar-refractivity contribution in [3.63, 3.8) is 0 Å². The summed E-state index contributed by atoms with van der Waals surface area (Å²) in [6.45, 7) is 7.29. The molecule has 0 aliphatic rings. The minimum atomic E-state index is -0.206. The van der Waals surface area contributed by atoms with Gasteiger partial charge in [-0.1, -0.05) is 17.3 Å². The standard InChI is InChI=1S/C16H22FN5O.HI/c1-4-18-16(19-8-7-15-21-12(3)22-23-15)20-10-13-6-5-11(2)14(17)9-13;/h5-6,9H,4,7-8,10H2,1-3H3,(H2,18,19,20);1H. The van der Waals surface area contributed by atoms with Crippen LogP contribution in [0.25, 0.3) is 0 Å². The second-order valence-electron chi connectivity index (χ2n) is 5.19. The molecule has 0 aliphatic heterocycles. The summed E-state index contributed by atoms with van der Waals surface area (Å²) < 4.78 is 18.6. The van der Waals surface area contributed by atoms with Gasteiger partial charge in [0.15, 0.2) is 11.8 Å². The van der Waals surface area contributed by atoms with E-state index in [4.69, 9.17) is 4.52 Å². The fourth-order valence-corrected chi connectivity index (χ4v) is 1.98.